The van der Waals surface area contributed by atoms with Crippen LogP contribution in [-0.2, 0) is 6.61 Å². The third kappa shape index (κ3) is 3.29. The van der Waals surface area contributed by atoms with E-state index >= 15 is 0 Å². The van der Waals surface area contributed by atoms with Crippen LogP contribution in [0.1, 0.15) is 15.9 Å². The third-order valence-electron chi connectivity index (χ3n) is 2.58. The standard InChI is InChI=1S/C14H9BrClFO3/c15-10-5-9(14(18)19)6-11(16)13(10)20-7-8-3-1-2-4-12(8)17/h1-6H,7H2,(H,18,19). The van der Waals surface area contributed by atoms with E-state index < -0.39 is 5.97 Å². The lowest BCUT2D eigenvalue weighted by Gasteiger charge is -2.11. The Bertz CT molecular complexity index is 638. The highest BCUT2D eigenvalue weighted by atomic mass is 79.9. The highest BCUT2D eigenvalue weighted by Gasteiger charge is 2.13. The van der Waals surface area contributed by atoms with Crippen molar-refractivity contribution in [3.63, 3.8) is 0 Å². The Morgan fingerprint density at radius 1 is 1.35 bits per heavy atom. The highest BCUT2D eigenvalue weighted by molar-refractivity contribution is 9.10. The van der Waals surface area contributed by atoms with Crippen LogP contribution in [0, 0.1) is 5.82 Å². The minimum absolute atomic E-state index is 0.00257. The normalized spacial score (nSPS) is 10.3. The van der Waals surface area contributed by atoms with E-state index in [1.54, 1.807) is 18.2 Å². The molecule has 2 aromatic rings. The van der Waals surface area contributed by atoms with Crippen molar-refractivity contribution in [2.24, 2.45) is 0 Å². The largest absolute Gasteiger partial charge is 0.486 e. The van der Waals surface area contributed by atoms with E-state index in [-0.39, 0.29) is 28.8 Å². The van der Waals surface area contributed by atoms with Gasteiger partial charge in [0.2, 0.25) is 0 Å². The predicted molar refractivity (Wildman–Crippen MR) is 76.8 cm³/mol. The van der Waals surface area contributed by atoms with Crippen LogP contribution < -0.4 is 4.74 Å². The second-order valence-corrected chi connectivity index (χ2v) is 5.22. The van der Waals surface area contributed by atoms with Crippen molar-refractivity contribution in [2.45, 2.75) is 6.61 Å². The van der Waals surface area contributed by atoms with Gasteiger partial charge >= 0.3 is 5.97 Å². The summed E-state index contributed by atoms with van der Waals surface area (Å²) < 4.78 is 19.3. The Balaban J connectivity index is 2.22. The molecule has 20 heavy (non-hydrogen) atoms. The summed E-state index contributed by atoms with van der Waals surface area (Å²) in [7, 11) is 0. The van der Waals surface area contributed by atoms with Crippen LogP contribution in [0.4, 0.5) is 4.39 Å². The number of carboxylic acids is 1. The summed E-state index contributed by atoms with van der Waals surface area (Å²) in [5.74, 6) is -1.19. The number of carbonyl (C=O) groups is 1. The zero-order valence-electron chi connectivity index (χ0n) is 10.1. The quantitative estimate of drug-likeness (QED) is 0.873. The molecule has 2 rings (SSSR count). The first-order valence-corrected chi connectivity index (χ1v) is 6.74. The molecule has 2 aromatic carbocycles. The number of rotatable bonds is 4. The molecular formula is C14H9BrClFO3. The maximum atomic E-state index is 13.5. The van der Waals surface area contributed by atoms with E-state index in [0.717, 1.165) is 0 Å². The molecule has 0 amide bonds. The van der Waals surface area contributed by atoms with Gasteiger partial charge in [0.15, 0.2) is 5.75 Å². The lowest BCUT2D eigenvalue weighted by molar-refractivity contribution is 0.0696. The summed E-state index contributed by atoms with van der Waals surface area (Å²) in [5.41, 5.74) is 0.429. The zero-order chi connectivity index (χ0) is 14.7. The average Bonchev–Trinajstić information content (AvgIpc) is 2.39. The summed E-state index contributed by atoms with van der Waals surface area (Å²) in [6, 6.07) is 8.89. The number of hydrogen-bond acceptors (Lipinski definition) is 2. The second-order valence-electron chi connectivity index (χ2n) is 3.95. The van der Waals surface area contributed by atoms with Crippen LogP contribution in [0.25, 0.3) is 0 Å². The first kappa shape index (κ1) is 14.8. The van der Waals surface area contributed by atoms with Gasteiger partial charge in [0.05, 0.1) is 15.1 Å². The van der Waals surface area contributed by atoms with Crippen LogP contribution in [0.15, 0.2) is 40.9 Å². The van der Waals surface area contributed by atoms with Crippen LogP contribution in [0.5, 0.6) is 5.75 Å². The topological polar surface area (TPSA) is 46.5 Å². The van der Waals surface area contributed by atoms with Crippen molar-refractivity contribution in [3.8, 4) is 5.75 Å². The molecule has 0 saturated heterocycles. The van der Waals surface area contributed by atoms with Gasteiger partial charge in [0, 0.05) is 5.56 Å². The van der Waals surface area contributed by atoms with Crippen molar-refractivity contribution < 1.29 is 19.0 Å². The highest BCUT2D eigenvalue weighted by Crippen LogP contribution is 2.35. The molecule has 6 heteroatoms. The summed E-state index contributed by atoms with van der Waals surface area (Å²) >= 11 is 9.16. The molecule has 0 radical (unpaired) electrons. The molecule has 1 N–H and O–H groups in total. The Labute approximate surface area is 128 Å². The van der Waals surface area contributed by atoms with Gasteiger partial charge in [-0.25, -0.2) is 9.18 Å². The Morgan fingerprint density at radius 3 is 2.65 bits per heavy atom. The molecule has 0 saturated carbocycles. The molecule has 0 atom stereocenters. The maximum absolute atomic E-state index is 13.5. The number of carboxylic acid groups (broad SMARTS) is 1. The fourth-order valence-corrected chi connectivity index (χ4v) is 2.55. The van der Waals surface area contributed by atoms with E-state index in [4.69, 9.17) is 21.4 Å². The van der Waals surface area contributed by atoms with Gasteiger partial charge in [0.25, 0.3) is 0 Å². The SMILES string of the molecule is O=C(O)c1cc(Cl)c(OCc2ccccc2F)c(Br)c1. The van der Waals surface area contributed by atoms with Gasteiger partial charge in [-0.15, -0.1) is 0 Å². The molecule has 0 heterocycles. The molecule has 0 fully saturated rings. The fraction of sp³-hybridized carbons (Fsp3) is 0.0714. The van der Waals surface area contributed by atoms with Crippen LogP contribution in [-0.4, -0.2) is 11.1 Å². The van der Waals surface area contributed by atoms with Crippen molar-refractivity contribution in [1.29, 1.82) is 0 Å². The van der Waals surface area contributed by atoms with E-state index in [9.17, 15) is 9.18 Å². The van der Waals surface area contributed by atoms with Gasteiger partial charge < -0.3 is 9.84 Å². The summed E-state index contributed by atoms with van der Waals surface area (Å²) in [6.07, 6.45) is 0. The molecule has 0 aliphatic rings. The van der Waals surface area contributed by atoms with Gasteiger partial charge in [-0.05, 0) is 34.1 Å². The van der Waals surface area contributed by atoms with Crippen LogP contribution in [0.2, 0.25) is 5.02 Å². The summed E-state index contributed by atoms with van der Waals surface area (Å²) in [6.45, 7) is -0.00257. The Morgan fingerprint density at radius 2 is 2.05 bits per heavy atom. The number of benzene rings is 2. The summed E-state index contributed by atoms with van der Waals surface area (Å²) in [5, 5.41) is 9.05. The van der Waals surface area contributed by atoms with Crippen LogP contribution >= 0.6 is 27.5 Å². The minimum atomic E-state index is -1.09. The molecular weight excluding hydrogens is 351 g/mol. The van der Waals surface area contributed by atoms with Gasteiger partial charge in [-0.3, -0.25) is 0 Å². The third-order valence-corrected chi connectivity index (χ3v) is 3.44. The van der Waals surface area contributed by atoms with Gasteiger partial charge in [-0.2, -0.15) is 0 Å². The number of hydrogen-bond donors (Lipinski definition) is 1. The molecule has 0 unspecified atom stereocenters. The molecule has 0 aliphatic heterocycles. The van der Waals surface area contributed by atoms with Crippen molar-refractivity contribution in [3.05, 3.63) is 62.8 Å². The van der Waals surface area contributed by atoms with Gasteiger partial charge in [-0.1, -0.05) is 29.8 Å². The number of ether oxygens (including phenoxy) is 1. The molecule has 104 valence electrons. The van der Waals surface area contributed by atoms with Crippen LogP contribution in [0.3, 0.4) is 0 Å². The number of halogens is 3. The number of aromatic carboxylic acids is 1. The van der Waals surface area contributed by atoms with Gasteiger partial charge in [0.1, 0.15) is 12.4 Å². The molecule has 0 spiro atoms. The Kier molecular flexibility index (Phi) is 4.62. The van der Waals surface area contributed by atoms with E-state index in [2.05, 4.69) is 15.9 Å². The first-order chi connectivity index (χ1) is 9.49. The second kappa shape index (κ2) is 6.24. The minimum Gasteiger partial charge on any atom is -0.486 e. The summed E-state index contributed by atoms with van der Waals surface area (Å²) in [4.78, 5) is 10.9. The predicted octanol–water partition coefficient (Wildman–Crippen LogP) is 4.52. The van der Waals surface area contributed by atoms with E-state index in [1.165, 1.54) is 18.2 Å². The van der Waals surface area contributed by atoms with Crippen molar-refractivity contribution >= 4 is 33.5 Å². The lowest BCUT2D eigenvalue weighted by atomic mass is 10.2. The average molecular weight is 360 g/mol. The van der Waals surface area contributed by atoms with E-state index in [1.807, 2.05) is 0 Å². The Hall–Kier alpha value is -1.59. The van der Waals surface area contributed by atoms with Crippen molar-refractivity contribution in [1.82, 2.24) is 0 Å². The van der Waals surface area contributed by atoms with Crippen molar-refractivity contribution in [2.75, 3.05) is 0 Å². The molecule has 0 aliphatic carbocycles. The fourth-order valence-electron chi connectivity index (χ4n) is 1.59. The molecule has 3 nitrogen and oxygen atoms in total. The zero-order valence-corrected chi connectivity index (χ0v) is 12.4. The lowest BCUT2D eigenvalue weighted by Crippen LogP contribution is -2.01. The monoisotopic (exact) mass is 358 g/mol. The smallest absolute Gasteiger partial charge is 0.335 e. The molecule has 0 bridgehead atoms. The maximum Gasteiger partial charge on any atom is 0.335 e. The molecule has 0 aromatic heterocycles. The first-order valence-electron chi connectivity index (χ1n) is 5.57. The van der Waals surface area contributed by atoms with E-state index in [0.29, 0.717) is 10.0 Å².